The zero-order valence-corrected chi connectivity index (χ0v) is 12.7. The van der Waals surface area contributed by atoms with Gasteiger partial charge in [-0.05, 0) is 50.3 Å². The van der Waals surface area contributed by atoms with Gasteiger partial charge in [-0.3, -0.25) is 0 Å². The van der Waals surface area contributed by atoms with E-state index in [0.717, 1.165) is 18.6 Å². The predicted octanol–water partition coefficient (Wildman–Crippen LogP) is 2.71. The second-order valence-corrected chi connectivity index (χ2v) is 5.83. The molecule has 2 unspecified atom stereocenters. The van der Waals surface area contributed by atoms with Gasteiger partial charge in [0.25, 0.3) is 0 Å². The van der Waals surface area contributed by atoms with E-state index in [1.807, 2.05) is 18.5 Å². The number of nitrogens with two attached hydrogens (primary N) is 1. The summed E-state index contributed by atoms with van der Waals surface area (Å²) in [7, 11) is 1.68. The Bertz CT molecular complexity index is 601. The summed E-state index contributed by atoms with van der Waals surface area (Å²) in [6.45, 7) is 2.06. The van der Waals surface area contributed by atoms with Crippen molar-refractivity contribution >= 4 is 0 Å². The molecule has 4 heteroatoms. The van der Waals surface area contributed by atoms with Crippen molar-refractivity contribution in [3.63, 3.8) is 0 Å². The number of aromatic nitrogens is 2. The standard InChI is InChI=1S/C17H23N3O/c1-12(18)17(13-7-9-14(21-2)10-8-13)20-11-19-15-5-3-4-6-16(15)20/h7-12,17H,3-6,18H2,1-2H3. The van der Waals surface area contributed by atoms with E-state index >= 15 is 0 Å². The molecule has 0 amide bonds. The van der Waals surface area contributed by atoms with Crippen LogP contribution < -0.4 is 10.5 Å². The lowest BCUT2D eigenvalue weighted by Gasteiger charge is -2.26. The maximum Gasteiger partial charge on any atom is 0.118 e. The molecule has 2 atom stereocenters. The smallest absolute Gasteiger partial charge is 0.118 e. The fourth-order valence-electron chi connectivity index (χ4n) is 3.25. The van der Waals surface area contributed by atoms with E-state index in [0.29, 0.717) is 0 Å². The molecule has 1 aromatic carbocycles. The number of rotatable bonds is 4. The van der Waals surface area contributed by atoms with Gasteiger partial charge < -0.3 is 15.0 Å². The molecule has 0 radical (unpaired) electrons. The highest BCUT2D eigenvalue weighted by Crippen LogP contribution is 2.29. The Kier molecular flexibility index (Phi) is 3.97. The molecule has 0 fully saturated rings. The van der Waals surface area contributed by atoms with Gasteiger partial charge in [0.15, 0.2) is 0 Å². The van der Waals surface area contributed by atoms with Gasteiger partial charge in [0, 0.05) is 11.7 Å². The Balaban J connectivity index is 1.99. The molecule has 0 spiro atoms. The first-order valence-electron chi connectivity index (χ1n) is 7.65. The Morgan fingerprint density at radius 1 is 1.19 bits per heavy atom. The third-order valence-electron chi connectivity index (χ3n) is 4.31. The molecule has 2 aromatic rings. The summed E-state index contributed by atoms with van der Waals surface area (Å²) in [5, 5.41) is 0. The molecule has 112 valence electrons. The topological polar surface area (TPSA) is 53.1 Å². The molecule has 2 N–H and O–H groups in total. The van der Waals surface area contributed by atoms with Crippen molar-refractivity contribution in [3.8, 4) is 5.75 Å². The van der Waals surface area contributed by atoms with E-state index in [1.165, 1.54) is 29.8 Å². The van der Waals surface area contributed by atoms with E-state index in [4.69, 9.17) is 10.5 Å². The highest BCUT2D eigenvalue weighted by molar-refractivity contribution is 5.31. The summed E-state index contributed by atoms with van der Waals surface area (Å²) in [5.74, 6) is 0.870. The third kappa shape index (κ3) is 2.68. The number of benzene rings is 1. The fraction of sp³-hybridized carbons (Fsp3) is 0.471. The molecule has 0 saturated carbocycles. The summed E-state index contributed by atoms with van der Waals surface area (Å²) in [4.78, 5) is 4.60. The summed E-state index contributed by atoms with van der Waals surface area (Å²) in [6.07, 6.45) is 6.65. The van der Waals surface area contributed by atoms with Crippen LogP contribution in [0.25, 0.3) is 0 Å². The van der Waals surface area contributed by atoms with Crippen LogP contribution in [0.2, 0.25) is 0 Å². The van der Waals surface area contributed by atoms with Gasteiger partial charge in [0.2, 0.25) is 0 Å². The number of hydrogen-bond donors (Lipinski definition) is 1. The van der Waals surface area contributed by atoms with E-state index in [9.17, 15) is 0 Å². The molecular weight excluding hydrogens is 262 g/mol. The molecule has 21 heavy (non-hydrogen) atoms. The highest BCUT2D eigenvalue weighted by Gasteiger charge is 2.24. The summed E-state index contributed by atoms with van der Waals surface area (Å²) < 4.78 is 7.52. The van der Waals surface area contributed by atoms with Gasteiger partial charge in [0.05, 0.1) is 25.2 Å². The van der Waals surface area contributed by atoms with Gasteiger partial charge in [-0.25, -0.2) is 4.98 Å². The van der Waals surface area contributed by atoms with Crippen molar-refractivity contribution < 1.29 is 4.74 Å². The molecular formula is C17H23N3O. The first-order chi connectivity index (χ1) is 10.2. The second kappa shape index (κ2) is 5.90. The van der Waals surface area contributed by atoms with Gasteiger partial charge in [-0.1, -0.05) is 12.1 Å². The lowest BCUT2D eigenvalue weighted by Crippen LogP contribution is -2.31. The number of nitrogens with zero attached hydrogens (tertiary/aromatic N) is 2. The van der Waals surface area contributed by atoms with Crippen molar-refractivity contribution in [1.82, 2.24) is 9.55 Å². The SMILES string of the molecule is COc1ccc(C(C(C)N)n2cnc3c2CCCC3)cc1. The third-order valence-corrected chi connectivity index (χ3v) is 4.31. The van der Waals surface area contributed by atoms with Gasteiger partial charge in [-0.2, -0.15) is 0 Å². The van der Waals surface area contributed by atoms with Gasteiger partial charge in [-0.15, -0.1) is 0 Å². The van der Waals surface area contributed by atoms with Crippen molar-refractivity contribution in [2.45, 2.75) is 44.7 Å². The zero-order valence-electron chi connectivity index (χ0n) is 12.7. The Morgan fingerprint density at radius 2 is 1.90 bits per heavy atom. The lowest BCUT2D eigenvalue weighted by molar-refractivity contribution is 0.413. The normalized spacial score (nSPS) is 17.1. The van der Waals surface area contributed by atoms with Crippen LogP contribution in [-0.4, -0.2) is 22.7 Å². The molecule has 0 aliphatic heterocycles. The van der Waals surface area contributed by atoms with E-state index in [2.05, 4.69) is 28.6 Å². The van der Waals surface area contributed by atoms with Crippen molar-refractivity contribution in [2.75, 3.05) is 7.11 Å². The average molecular weight is 285 g/mol. The predicted molar refractivity (Wildman–Crippen MR) is 83.7 cm³/mol. The number of fused-ring (bicyclic) bond motifs is 1. The van der Waals surface area contributed by atoms with Crippen LogP contribution in [0.4, 0.5) is 0 Å². The molecule has 4 nitrogen and oxygen atoms in total. The highest BCUT2D eigenvalue weighted by atomic mass is 16.5. The maximum atomic E-state index is 6.28. The number of methoxy groups -OCH3 is 1. The van der Waals surface area contributed by atoms with Crippen LogP contribution >= 0.6 is 0 Å². The fourth-order valence-corrected chi connectivity index (χ4v) is 3.25. The molecule has 1 aliphatic rings. The van der Waals surface area contributed by atoms with Gasteiger partial charge in [0.1, 0.15) is 5.75 Å². The van der Waals surface area contributed by atoms with Crippen molar-refractivity contribution in [3.05, 3.63) is 47.5 Å². The Hall–Kier alpha value is -1.81. The average Bonchev–Trinajstić information content (AvgIpc) is 2.92. The summed E-state index contributed by atoms with van der Waals surface area (Å²) >= 11 is 0. The van der Waals surface area contributed by atoms with Crippen molar-refractivity contribution in [2.24, 2.45) is 5.73 Å². The van der Waals surface area contributed by atoms with E-state index in [-0.39, 0.29) is 12.1 Å². The minimum atomic E-state index is 0.0265. The Morgan fingerprint density at radius 3 is 2.57 bits per heavy atom. The maximum absolute atomic E-state index is 6.28. The molecule has 0 bridgehead atoms. The number of imidazole rings is 1. The van der Waals surface area contributed by atoms with E-state index < -0.39 is 0 Å². The molecule has 0 saturated heterocycles. The minimum Gasteiger partial charge on any atom is -0.497 e. The monoisotopic (exact) mass is 285 g/mol. The largest absolute Gasteiger partial charge is 0.497 e. The Labute approximate surface area is 125 Å². The summed E-state index contributed by atoms with van der Waals surface area (Å²) in [5.41, 5.74) is 10.1. The van der Waals surface area contributed by atoms with Crippen LogP contribution in [-0.2, 0) is 12.8 Å². The van der Waals surface area contributed by atoms with Crippen LogP contribution in [0.15, 0.2) is 30.6 Å². The first kappa shape index (κ1) is 14.1. The molecule has 1 heterocycles. The van der Waals surface area contributed by atoms with E-state index in [1.54, 1.807) is 7.11 Å². The second-order valence-electron chi connectivity index (χ2n) is 5.83. The van der Waals surface area contributed by atoms with Crippen LogP contribution in [0.5, 0.6) is 5.75 Å². The molecule has 1 aromatic heterocycles. The minimum absolute atomic E-state index is 0.0265. The lowest BCUT2D eigenvalue weighted by atomic mass is 9.97. The van der Waals surface area contributed by atoms with Crippen molar-refractivity contribution in [1.29, 1.82) is 0 Å². The van der Waals surface area contributed by atoms with Crippen LogP contribution in [0, 0.1) is 0 Å². The molecule has 3 rings (SSSR count). The quantitative estimate of drug-likeness (QED) is 0.939. The first-order valence-corrected chi connectivity index (χ1v) is 7.65. The van der Waals surface area contributed by atoms with Crippen LogP contribution in [0.1, 0.15) is 42.8 Å². The van der Waals surface area contributed by atoms with Gasteiger partial charge >= 0.3 is 0 Å². The number of aryl methyl sites for hydroxylation is 1. The number of hydrogen-bond acceptors (Lipinski definition) is 3. The molecule has 1 aliphatic carbocycles. The summed E-state index contributed by atoms with van der Waals surface area (Å²) in [6, 6.07) is 8.34. The van der Waals surface area contributed by atoms with Crippen LogP contribution in [0.3, 0.4) is 0 Å². The zero-order chi connectivity index (χ0) is 14.8. The number of ether oxygens (including phenoxy) is 1.